The Morgan fingerprint density at radius 3 is 2.41 bits per heavy atom. The van der Waals surface area contributed by atoms with Crippen molar-refractivity contribution in [3.8, 4) is 11.5 Å². The number of oxazole rings is 1. The molecule has 1 aromatic heterocycles. The summed E-state index contributed by atoms with van der Waals surface area (Å²) >= 11 is 1.42. The van der Waals surface area contributed by atoms with E-state index in [9.17, 15) is 9.59 Å². The van der Waals surface area contributed by atoms with Gasteiger partial charge < -0.3 is 15.1 Å². The average Bonchev–Trinajstić information content (AvgIpc) is 3.34. The van der Waals surface area contributed by atoms with Crippen molar-refractivity contribution < 1.29 is 14.0 Å². The fourth-order valence-electron chi connectivity index (χ4n) is 3.83. The Hall–Kier alpha value is -4.36. The second-order valence-corrected chi connectivity index (χ2v) is 10.1. The number of aryl methyl sites for hydroxylation is 1. The van der Waals surface area contributed by atoms with Crippen LogP contribution in [-0.4, -0.2) is 22.0 Å². The Balaban J connectivity index is 1.19. The molecular weight excluding hydrogens is 482 g/mol. The number of fused-ring (bicyclic) bond motifs is 1. The maximum Gasteiger partial charge on any atom is 0.255 e. The highest BCUT2D eigenvalue weighted by atomic mass is 32.2. The van der Waals surface area contributed by atoms with Crippen molar-refractivity contribution in [2.24, 2.45) is 0 Å². The molecule has 184 valence electrons. The first-order valence-corrected chi connectivity index (χ1v) is 12.7. The zero-order chi connectivity index (χ0) is 25.8. The van der Waals surface area contributed by atoms with Crippen LogP contribution in [0, 0.1) is 6.92 Å². The molecule has 0 bridgehead atoms. The maximum atomic E-state index is 12.8. The number of thioether (sulfide) groups is 1. The number of nitrogens with one attached hydrogen (secondary N) is 2. The predicted octanol–water partition coefficient (Wildman–Crippen LogP) is 7.17. The molecule has 6 nitrogen and oxygen atoms in total. The van der Waals surface area contributed by atoms with Crippen molar-refractivity contribution in [3.05, 3.63) is 108 Å². The molecule has 5 aromatic rings. The second kappa shape index (κ2) is 10.7. The molecule has 0 aliphatic heterocycles. The highest BCUT2D eigenvalue weighted by Crippen LogP contribution is 2.28. The van der Waals surface area contributed by atoms with E-state index in [-0.39, 0.29) is 17.1 Å². The lowest BCUT2D eigenvalue weighted by molar-refractivity contribution is -0.115. The molecule has 0 fully saturated rings. The zero-order valence-corrected chi connectivity index (χ0v) is 21.2. The molecule has 0 spiro atoms. The molecule has 4 aromatic carbocycles. The van der Waals surface area contributed by atoms with Crippen molar-refractivity contribution in [2.75, 3.05) is 10.6 Å². The molecule has 5 rings (SSSR count). The largest absolute Gasteiger partial charge is 0.436 e. The van der Waals surface area contributed by atoms with E-state index in [0.29, 0.717) is 22.8 Å². The van der Waals surface area contributed by atoms with Gasteiger partial charge in [-0.25, -0.2) is 4.98 Å². The van der Waals surface area contributed by atoms with Crippen LogP contribution in [0.2, 0.25) is 0 Å². The summed E-state index contributed by atoms with van der Waals surface area (Å²) in [7, 11) is 0. The fourth-order valence-corrected chi connectivity index (χ4v) is 4.76. The number of para-hydroxylation sites is 2. The van der Waals surface area contributed by atoms with Crippen molar-refractivity contribution in [2.45, 2.75) is 24.0 Å². The number of rotatable bonds is 7. The molecule has 1 atom stereocenters. The standard InChI is InChI=1S/C30H25N3O3S/c1-19-7-5-8-22(17-19)29(35)32-24-9-6-10-25(18-24)37-20(2)28(34)31-23-15-13-21(14-16-23)30-33-26-11-3-4-12-27(26)36-30/h3-18,20H,1-2H3,(H,31,34)(H,32,35). The summed E-state index contributed by atoms with van der Waals surface area (Å²) in [5.74, 6) is 0.254. The number of anilines is 2. The Morgan fingerprint density at radius 2 is 1.62 bits per heavy atom. The number of hydrogen-bond acceptors (Lipinski definition) is 5. The molecule has 0 radical (unpaired) electrons. The summed E-state index contributed by atoms with van der Waals surface area (Å²) in [5.41, 5.74) is 5.38. The molecule has 0 saturated heterocycles. The summed E-state index contributed by atoms with van der Waals surface area (Å²) in [5, 5.41) is 5.54. The third-order valence-electron chi connectivity index (χ3n) is 5.75. The summed E-state index contributed by atoms with van der Waals surface area (Å²) in [6, 6.07) is 30.0. The second-order valence-electron chi connectivity index (χ2n) is 8.66. The summed E-state index contributed by atoms with van der Waals surface area (Å²) in [6.07, 6.45) is 0. The van der Waals surface area contributed by atoms with E-state index >= 15 is 0 Å². The van der Waals surface area contributed by atoms with Crippen LogP contribution in [0.25, 0.3) is 22.6 Å². The van der Waals surface area contributed by atoms with Crippen molar-refractivity contribution >= 4 is 46.1 Å². The van der Waals surface area contributed by atoms with E-state index in [2.05, 4.69) is 15.6 Å². The normalized spacial score (nSPS) is 11.7. The van der Waals surface area contributed by atoms with Crippen molar-refractivity contribution in [1.29, 1.82) is 0 Å². The van der Waals surface area contributed by atoms with Gasteiger partial charge in [0.05, 0.1) is 5.25 Å². The van der Waals surface area contributed by atoms with Crippen LogP contribution in [0.5, 0.6) is 0 Å². The number of aromatic nitrogens is 1. The summed E-state index contributed by atoms with van der Waals surface area (Å²) in [4.78, 5) is 30.8. The van der Waals surface area contributed by atoms with Crippen LogP contribution in [0.1, 0.15) is 22.8 Å². The summed E-state index contributed by atoms with van der Waals surface area (Å²) < 4.78 is 5.82. The molecule has 0 saturated carbocycles. The number of nitrogens with zero attached hydrogens (tertiary/aromatic N) is 1. The Labute approximate surface area is 219 Å². The quantitative estimate of drug-likeness (QED) is 0.228. The van der Waals surface area contributed by atoms with Gasteiger partial charge in [-0.15, -0.1) is 11.8 Å². The van der Waals surface area contributed by atoms with Gasteiger partial charge in [-0.1, -0.05) is 35.9 Å². The molecule has 0 aliphatic carbocycles. The molecule has 0 aliphatic rings. The smallest absolute Gasteiger partial charge is 0.255 e. The van der Waals surface area contributed by atoms with Gasteiger partial charge >= 0.3 is 0 Å². The lowest BCUT2D eigenvalue weighted by atomic mass is 10.1. The number of carbonyl (C=O) groups excluding carboxylic acids is 2. The van der Waals surface area contributed by atoms with E-state index < -0.39 is 0 Å². The van der Waals surface area contributed by atoms with Crippen LogP contribution in [0.15, 0.2) is 106 Å². The molecule has 7 heteroatoms. The highest BCUT2D eigenvalue weighted by molar-refractivity contribution is 8.00. The van der Waals surface area contributed by atoms with Crippen LogP contribution >= 0.6 is 11.8 Å². The van der Waals surface area contributed by atoms with Crippen LogP contribution in [0.4, 0.5) is 11.4 Å². The van der Waals surface area contributed by atoms with E-state index in [0.717, 1.165) is 27.1 Å². The van der Waals surface area contributed by atoms with Crippen LogP contribution in [-0.2, 0) is 4.79 Å². The minimum Gasteiger partial charge on any atom is -0.436 e. The van der Waals surface area contributed by atoms with Crippen molar-refractivity contribution in [3.63, 3.8) is 0 Å². The molecule has 1 heterocycles. The third-order valence-corrected chi connectivity index (χ3v) is 6.84. The van der Waals surface area contributed by atoms with Crippen LogP contribution in [0.3, 0.4) is 0 Å². The van der Waals surface area contributed by atoms with Gasteiger partial charge in [-0.3, -0.25) is 9.59 Å². The minimum absolute atomic E-state index is 0.117. The number of hydrogen-bond donors (Lipinski definition) is 2. The van der Waals surface area contributed by atoms with Gasteiger partial charge in [0.2, 0.25) is 11.8 Å². The molecule has 2 N–H and O–H groups in total. The molecule has 37 heavy (non-hydrogen) atoms. The van der Waals surface area contributed by atoms with Crippen LogP contribution < -0.4 is 10.6 Å². The highest BCUT2D eigenvalue weighted by Gasteiger charge is 2.16. The Morgan fingerprint density at radius 1 is 0.838 bits per heavy atom. The zero-order valence-electron chi connectivity index (χ0n) is 20.4. The fraction of sp³-hybridized carbons (Fsp3) is 0.100. The topological polar surface area (TPSA) is 84.2 Å². The molecule has 2 amide bonds. The third kappa shape index (κ3) is 5.90. The van der Waals surface area contributed by atoms with Gasteiger partial charge in [-0.05, 0) is 80.6 Å². The monoisotopic (exact) mass is 507 g/mol. The molecular formula is C30H25N3O3S. The Kier molecular flexibility index (Phi) is 7.05. The van der Waals surface area contributed by atoms with E-state index in [4.69, 9.17) is 4.42 Å². The first kappa shape index (κ1) is 24.3. The first-order chi connectivity index (χ1) is 17.9. The van der Waals surface area contributed by atoms with Gasteiger partial charge in [0.1, 0.15) is 5.52 Å². The maximum absolute atomic E-state index is 12.8. The van der Waals surface area contributed by atoms with Gasteiger partial charge in [0.25, 0.3) is 5.91 Å². The SMILES string of the molecule is Cc1cccc(C(=O)Nc2cccc(SC(C)C(=O)Nc3ccc(-c4nc5ccccc5o4)cc3)c2)c1. The van der Waals surface area contributed by atoms with E-state index in [1.165, 1.54) is 11.8 Å². The van der Waals surface area contributed by atoms with Gasteiger partial charge in [0.15, 0.2) is 5.58 Å². The van der Waals surface area contributed by atoms with Crippen molar-refractivity contribution in [1.82, 2.24) is 4.98 Å². The minimum atomic E-state index is -0.348. The number of amides is 2. The number of benzene rings is 4. The van der Waals surface area contributed by atoms with Gasteiger partial charge in [-0.2, -0.15) is 0 Å². The predicted molar refractivity (Wildman–Crippen MR) is 149 cm³/mol. The Bertz CT molecular complexity index is 1540. The van der Waals surface area contributed by atoms with E-state index in [1.807, 2.05) is 105 Å². The lowest BCUT2D eigenvalue weighted by Gasteiger charge is -2.13. The van der Waals surface area contributed by atoms with Gasteiger partial charge in [0, 0.05) is 27.4 Å². The van der Waals surface area contributed by atoms with E-state index in [1.54, 1.807) is 6.07 Å². The average molecular weight is 508 g/mol. The summed E-state index contributed by atoms with van der Waals surface area (Å²) in [6.45, 7) is 3.80. The molecule has 1 unspecified atom stereocenters. The lowest BCUT2D eigenvalue weighted by Crippen LogP contribution is -2.22. The number of carbonyl (C=O) groups is 2. The first-order valence-electron chi connectivity index (χ1n) is 11.9.